The number of nitrogens with two attached hydrogens (primary N) is 1. The fraction of sp³-hybridized carbons (Fsp3) is 0.562. The van der Waals surface area contributed by atoms with Gasteiger partial charge in [-0.3, -0.25) is 4.79 Å². The van der Waals surface area contributed by atoms with Crippen molar-refractivity contribution in [1.82, 2.24) is 9.21 Å². The minimum absolute atomic E-state index is 0. The molecule has 0 bridgehead atoms. The molecule has 1 saturated heterocycles. The van der Waals surface area contributed by atoms with Gasteiger partial charge in [0.25, 0.3) is 0 Å². The van der Waals surface area contributed by atoms with Gasteiger partial charge in [-0.15, -0.1) is 12.4 Å². The normalized spacial score (nSPS) is 17.2. The van der Waals surface area contributed by atoms with E-state index in [1.165, 1.54) is 4.31 Å². The summed E-state index contributed by atoms with van der Waals surface area (Å²) >= 11 is 0. The maximum Gasteiger partial charge on any atom is 0.243 e. The Bertz CT molecular complexity index is 686. The van der Waals surface area contributed by atoms with Crippen molar-refractivity contribution < 1.29 is 13.2 Å². The molecule has 8 heteroatoms. The Balaban J connectivity index is 0.00000288. The lowest BCUT2D eigenvalue weighted by Crippen LogP contribution is -2.52. The zero-order chi connectivity index (χ0) is 17.2. The van der Waals surface area contributed by atoms with Crippen LogP contribution in [0.3, 0.4) is 0 Å². The van der Waals surface area contributed by atoms with E-state index in [2.05, 4.69) is 0 Å². The Labute approximate surface area is 150 Å². The van der Waals surface area contributed by atoms with Crippen molar-refractivity contribution in [3.05, 3.63) is 29.3 Å². The first-order valence-electron chi connectivity index (χ1n) is 7.83. The van der Waals surface area contributed by atoms with E-state index in [9.17, 15) is 13.2 Å². The fourth-order valence-electron chi connectivity index (χ4n) is 2.69. The van der Waals surface area contributed by atoms with Crippen molar-refractivity contribution >= 4 is 28.3 Å². The van der Waals surface area contributed by atoms with Crippen LogP contribution in [0.2, 0.25) is 0 Å². The molecule has 1 aromatic rings. The number of rotatable bonds is 4. The standard InChI is InChI=1S/C16H25N3O3S.ClH/c1-12-4-5-13(2)15(10-12)23(21,22)19-8-6-18(7-9-19)16(20)14(3)11-17;/h4-5,10,14H,6-9,11,17H2,1-3H3;1H. The average molecular weight is 376 g/mol. The number of nitrogens with zero attached hydrogens (tertiary/aromatic N) is 2. The van der Waals surface area contributed by atoms with Crippen molar-refractivity contribution in [2.45, 2.75) is 25.7 Å². The molecule has 1 heterocycles. The maximum atomic E-state index is 12.8. The number of benzene rings is 1. The van der Waals surface area contributed by atoms with E-state index >= 15 is 0 Å². The minimum Gasteiger partial charge on any atom is -0.340 e. The highest BCUT2D eigenvalue weighted by Crippen LogP contribution is 2.22. The van der Waals surface area contributed by atoms with Crippen LogP contribution in [0.5, 0.6) is 0 Å². The molecule has 0 spiro atoms. The van der Waals surface area contributed by atoms with Gasteiger partial charge >= 0.3 is 0 Å². The zero-order valence-corrected chi connectivity index (χ0v) is 16.0. The fourth-order valence-corrected chi connectivity index (χ4v) is 4.42. The van der Waals surface area contributed by atoms with Crippen LogP contribution in [0.1, 0.15) is 18.1 Å². The Kier molecular flexibility index (Phi) is 7.22. The first-order chi connectivity index (χ1) is 10.8. The monoisotopic (exact) mass is 375 g/mol. The summed E-state index contributed by atoms with van der Waals surface area (Å²) in [7, 11) is -3.52. The number of aryl methyl sites for hydroxylation is 2. The second-order valence-electron chi connectivity index (χ2n) is 6.14. The van der Waals surface area contributed by atoms with Gasteiger partial charge in [0.1, 0.15) is 0 Å². The smallest absolute Gasteiger partial charge is 0.243 e. The van der Waals surface area contributed by atoms with Crippen LogP contribution in [-0.2, 0) is 14.8 Å². The first kappa shape index (κ1) is 20.9. The summed E-state index contributed by atoms with van der Waals surface area (Å²) in [6.45, 7) is 7.23. The third kappa shape index (κ3) is 4.27. The minimum atomic E-state index is -3.52. The summed E-state index contributed by atoms with van der Waals surface area (Å²) in [5, 5.41) is 0. The van der Waals surface area contributed by atoms with E-state index in [0.717, 1.165) is 11.1 Å². The lowest BCUT2D eigenvalue weighted by Gasteiger charge is -2.35. The highest BCUT2D eigenvalue weighted by Gasteiger charge is 2.31. The van der Waals surface area contributed by atoms with Crippen LogP contribution in [0.25, 0.3) is 0 Å². The average Bonchev–Trinajstić information content (AvgIpc) is 2.55. The Morgan fingerprint density at radius 1 is 1.21 bits per heavy atom. The molecule has 2 rings (SSSR count). The van der Waals surface area contributed by atoms with Crippen LogP contribution in [0, 0.1) is 19.8 Å². The number of hydrogen-bond acceptors (Lipinski definition) is 4. The second-order valence-corrected chi connectivity index (χ2v) is 8.04. The molecule has 1 aliphatic rings. The lowest BCUT2D eigenvalue weighted by molar-refractivity contribution is -0.135. The summed E-state index contributed by atoms with van der Waals surface area (Å²) in [5.41, 5.74) is 7.19. The highest BCUT2D eigenvalue weighted by molar-refractivity contribution is 7.89. The third-order valence-electron chi connectivity index (χ3n) is 4.29. The predicted molar refractivity (Wildman–Crippen MR) is 96.7 cm³/mol. The summed E-state index contributed by atoms with van der Waals surface area (Å²) in [5.74, 6) is -0.228. The molecule has 1 atom stereocenters. The summed E-state index contributed by atoms with van der Waals surface area (Å²) in [6.07, 6.45) is 0. The first-order valence-corrected chi connectivity index (χ1v) is 9.27. The Morgan fingerprint density at radius 3 is 2.33 bits per heavy atom. The molecular weight excluding hydrogens is 350 g/mol. The SMILES string of the molecule is Cc1ccc(C)c(S(=O)(=O)N2CCN(C(=O)C(C)CN)CC2)c1.Cl. The number of hydrogen-bond donors (Lipinski definition) is 1. The summed E-state index contributed by atoms with van der Waals surface area (Å²) in [6, 6.07) is 5.43. The summed E-state index contributed by atoms with van der Waals surface area (Å²) in [4.78, 5) is 14.2. The van der Waals surface area contributed by atoms with Crippen LogP contribution >= 0.6 is 12.4 Å². The van der Waals surface area contributed by atoms with E-state index in [4.69, 9.17) is 5.73 Å². The molecule has 0 aliphatic carbocycles. The van der Waals surface area contributed by atoms with Crippen LogP contribution in [0.4, 0.5) is 0 Å². The van der Waals surface area contributed by atoms with Crippen molar-refractivity contribution in [2.75, 3.05) is 32.7 Å². The Hall–Kier alpha value is -1.15. The van der Waals surface area contributed by atoms with E-state index in [1.807, 2.05) is 19.1 Å². The molecule has 1 aliphatic heterocycles. The van der Waals surface area contributed by atoms with Gasteiger partial charge in [-0.25, -0.2) is 8.42 Å². The second kappa shape index (κ2) is 8.29. The van der Waals surface area contributed by atoms with Crippen molar-refractivity contribution in [3.63, 3.8) is 0 Å². The van der Waals surface area contributed by atoms with Crippen LogP contribution in [-0.4, -0.2) is 56.3 Å². The molecule has 0 saturated carbocycles. The van der Waals surface area contributed by atoms with Gasteiger partial charge < -0.3 is 10.6 Å². The molecule has 1 fully saturated rings. The molecule has 0 aromatic heterocycles. The molecule has 2 N–H and O–H groups in total. The third-order valence-corrected chi connectivity index (χ3v) is 6.33. The van der Waals surface area contributed by atoms with Crippen LogP contribution in [0.15, 0.2) is 23.1 Å². The van der Waals surface area contributed by atoms with Gasteiger partial charge in [0.15, 0.2) is 0 Å². The van der Waals surface area contributed by atoms with E-state index in [0.29, 0.717) is 37.6 Å². The van der Waals surface area contributed by atoms with Crippen molar-refractivity contribution in [2.24, 2.45) is 11.7 Å². The molecule has 0 radical (unpaired) electrons. The van der Waals surface area contributed by atoms with Gasteiger partial charge in [0.2, 0.25) is 15.9 Å². The van der Waals surface area contributed by atoms with E-state index in [-0.39, 0.29) is 24.2 Å². The number of sulfonamides is 1. The number of halogens is 1. The van der Waals surface area contributed by atoms with Gasteiger partial charge in [-0.1, -0.05) is 19.1 Å². The topological polar surface area (TPSA) is 83.7 Å². The highest BCUT2D eigenvalue weighted by atomic mass is 35.5. The van der Waals surface area contributed by atoms with E-state index < -0.39 is 10.0 Å². The maximum absolute atomic E-state index is 12.8. The molecule has 1 amide bonds. The molecule has 1 unspecified atom stereocenters. The molecule has 24 heavy (non-hydrogen) atoms. The number of carbonyl (C=O) groups is 1. The predicted octanol–water partition coefficient (Wildman–Crippen LogP) is 1.15. The van der Waals surface area contributed by atoms with Crippen molar-refractivity contribution in [3.8, 4) is 0 Å². The number of piperazine rings is 1. The van der Waals surface area contributed by atoms with Gasteiger partial charge in [-0.2, -0.15) is 4.31 Å². The molecule has 6 nitrogen and oxygen atoms in total. The van der Waals surface area contributed by atoms with Crippen LogP contribution < -0.4 is 5.73 Å². The molecule has 136 valence electrons. The lowest BCUT2D eigenvalue weighted by atomic mass is 10.1. The van der Waals surface area contributed by atoms with E-state index in [1.54, 1.807) is 24.8 Å². The van der Waals surface area contributed by atoms with Gasteiger partial charge in [0, 0.05) is 38.6 Å². The number of carbonyl (C=O) groups excluding carboxylic acids is 1. The van der Waals surface area contributed by atoms with Crippen molar-refractivity contribution in [1.29, 1.82) is 0 Å². The largest absolute Gasteiger partial charge is 0.340 e. The molecule has 1 aromatic carbocycles. The molecular formula is C16H26ClN3O3S. The Morgan fingerprint density at radius 2 is 1.79 bits per heavy atom. The quantitative estimate of drug-likeness (QED) is 0.855. The van der Waals surface area contributed by atoms with Gasteiger partial charge in [0.05, 0.1) is 4.90 Å². The van der Waals surface area contributed by atoms with Gasteiger partial charge in [-0.05, 0) is 31.0 Å². The number of amides is 1. The summed E-state index contributed by atoms with van der Waals surface area (Å²) < 4.78 is 27.1. The zero-order valence-electron chi connectivity index (χ0n) is 14.4.